The number of fused-ring (bicyclic) bond motifs is 1. The van der Waals surface area contributed by atoms with Crippen molar-refractivity contribution < 1.29 is 33.3 Å². The van der Waals surface area contributed by atoms with E-state index in [0.29, 0.717) is 18.8 Å². The lowest BCUT2D eigenvalue weighted by atomic mass is 9.77. The van der Waals surface area contributed by atoms with Crippen LogP contribution in [0.1, 0.15) is 11.1 Å². The number of hydrogen-bond donors (Lipinski definition) is 0. The van der Waals surface area contributed by atoms with Crippen LogP contribution in [0.4, 0.5) is 0 Å². The van der Waals surface area contributed by atoms with Gasteiger partial charge in [0.2, 0.25) is 5.91 Å². The summed E-state index contributed by atoms with van der Waals surface area (Å²) in [4.78, 5) is 39.5. The lowest BCUT2D eigenvalue weighted by Crippen LogP contribution is -2.39. The quantitative estimate of drug-likeness (QED) is 0.263. The number of ether oxygens (including phenoxy) is 4. The number of carbonyl (C=O) groups excluding carboxylic acids is 3. The molecule has 4 atom stereocenters. The van der Waals surface area contributed by atoms with E-state index in [2.05, 4.69) is 0 Å². The second-order valence-corrected chi connectivity index (χ2v) is 8.79. The SMILES string of the molecule is COC(=O)[C@H]1[C@H]2C(=O)N(Cc3cccc(OC(=O)/C=C\c4ccc(OC)cc4)c3)C[C@@]23C=C[C@H]1O3. The van der Waals surface area contributed by atoms with Crippen molar-refractivity contribution >= 4 is 23.9 Å². The fourth-order valence-corrected chi connectivity index (χ4v) is 5.07. The summed E-state index contributed by atoms with van der Waals surface area (Å²) in [5, 5.41) is 0. The summed E-state index contributed by atoms with van der Waals surface area (Å²) in [7, 11) is 2.91. The summed E-state index contributed by atoms with van der Waals surface area (Å²) < 4.78 is 21.5. The molecule has 0 aliphatic carbocycles. The Morgan fingerprint density at radius 2 is 1.94 bits per heavy atom. The Labute approximate surface area is 202 Å². The molecule has 2 saturated heterocycles. The third-order valence-electron chi connectivity index (χ3n) is 6.67. The predicted octanol–water partition coefficient (Wildman–Crippen LogP) is 2.77. The van der Waals surface area contributed by atoms with E-state index in [4.69, 9.17) is 18.9 Å². The van der Waals surface area contributed by atoms with Crippen LogP contribution in [-0.2, 0) is 30.4 Å². The van der Waals surface area contributed by atoms with Gasteiger partial charge in [-0.15, -0.1) is 0 Å². The molecule has 2 aromatic rings. The first-order valence-corrected chi connectivity index (χ1v) is 11.3. The van der Waals surface area contributed by atoms with E-state index < -0.39 is 35.5 Å². The molecule has 1 spiro atoms. The molecule has 0 unspecified atom stereocenters. The first-order chi connectivity index (χ1) is 16.9. The van der Waals surface area contributed by atoms with Crippen LogP contribution in [0, 0.1) is 11.8 Å². The molecule has 5 rings (SSSR count). The van der Waals surface area contributed by atoms with Crippen molar-refractivity contribution in [3.05, 3.63) is 77.9 Å². The van der Waals surface area contributed by atoms with Crippen molar-refractivity contribution in [1.29, 1.82) is 0 Å². The predicted molar refractivity (Wildman–Crippen MR) is 125 cm³/mol. The fraction of sp³-hybridized carbons (Fsp3) is 0.296. The summed E-state index contributed by atoms with van der Waals surface area (Å²) in [5.41, 5.74) is 0.841. The zero-order valence-electron chi connectivity index (χ0n) is 19.4. The van der Waals surface area contributed by atoms with Crippen LogP contribution >= 0.6 is 0 Å². The van der Waals surface area contributed by atoms with Gasteiger partial charge < -0.3 is 23.8 Å². The molecule has 3 heterocycles. The minimum atomic E-state index is -0.795. The van der Waals surface area contributed by atoms with Gasteiger partial charge in [0.1, 0.15) is 23.0 Å². The Kier molecular flexibility index (Phi) is 5.90. The van der Waals surface area contributed by atoms with Gasteiger partial charge >= 0.3 is 11.9 Å². The fourth-order valence-electron chi connectivity index (χ4n) is 5.07. The number of nitrogens with zero attached hydrogens (tertiary/aromatic N) is 1. The molecule has 8 nitrogen and oxygen atoms in total. The average molecular weight is 475 g/mol. The van der Waals surface area contributed by atoms with Gasteiger partial charge in [-0.05, 0) is 41.5 Å². The molecule has 35 heavy (non-hydrogen) atoms. The Morgan fingerprint density at radius 1 is 1.14 bits per heavy atom. The number of esters is 2. The van der Waals surface area contributed by atoms with Crippen molar-refractivity contribution in [2.45, 2.75) is 18.2 Å². The number of likely N-dealkylation sites (tertiary alicyclic amines) is 1. The van der Waals surface area contributed by atoms with Gasteiger partial charge in [0, 0.05) is 12.6 Å². The molecule has 2 fully saturated rings. The Bertz CT molecular complexity index is 1220. The number of amides is 1. The van der Waals surface area contributed by atoms with Gasteiger partial charge in [-0.1, -0.05) is 36.4 Å². The standard InChI is InChI=1S/C27H25NO7/c1-32-19-9-6-17(7-10-19)8-11-22(29)34-20-5-3-4-18(14-20)15-28-16-27-13-12-21(35-27)23(26(31)33-2)24(27)25(28)30/h3-14,21,23-24H,15-16H2,1-2H3/b11-8-/t21-,23-,24+,27+/m1/s1. The highest BCUT2D eigenvalue weighted by atomic mass is 16.5. The topological polar surface area (TPSA) is 91.4 Å². The van der Waals surface area contributed by atoms with E-state index in [1.807, 2.05) is 42.5 Å². The van der Waals surface area contributed by atoms with Crippen molar-refractivity contribution in [2.24, 2.45) is 11.8 Å². The molecule has 0 aromatic heterocycles. The molecular formula is C27H25NO7. The number of carbonyl (C=O) groups is 3. The van der Waals surface area contributed by atoms with Gasteiger partial charge in [0.05, 0.1) is 32.8 Å². The smallest absolute Gasteiger partial charge is 0.336 e. The average Bonchev–Trinajstić information content (AvgIpc) is 3.51. The van der Waals surface area contributed by atoms with Crippen molar-refractivity contribution in [1.82, 2.24) is 4.90 Å². The third kappa shape index (κ3) is 4.21. The van der Waals surface area contributed by atoms with Crippen LogP contribution in [0.2, 0.25) is 0 Å². The maximum Gasteiger partial charge on any atom is 0.336 e. The van der Waals surface area contributed by atoms with Crippen molar-refractivity contribution in [3.63, 3.8) is 0 Å². The molecule has 3 aliphatic heterocycles. The largest absolute Gasteiger partial charge is 0.497 e. The molecule has 2 bridgehead atoms. The minimum absolute atomic E-state index is 0.142. The molecule has 180 valence electrons. The van der Waals surface area contributed by atoms with Crippen LogP contribution in [0.3, 0.4) is 0 Å². The van der Waals surface area contributed by atoms with Crippen LogP contribution in [-0.4, -0.2) is 55.2 Å². The van der Waals surface area contributed by atoms with E-state index in [1.165, 1.54) is 13.2 Å². The summed E-state index contributed by atoms with van der Waals surface area (Å²) in [6.45, 7) is 0.658. The molecule has 0 N–H and O–H groups in total. The number of hydrogen-bond acceptors (Lipinski definition) is 7. The zero-order chi connectivity index (χ0) is 24.6. The highest BCUT2D eigenvalue weighted by Crippen LogP contribution is 2.52. The summed E-state index contributed by atoms with van der Waals surface area (Å²) in [5.74, 6) is -1.20. The maximum absolute atomic E-state index is 13.2. The lowest BCUT2D eigenvalue weighted by molar-refractivity contribution is -0.151. The molecule has 8 heteroatoms. The second kappa shape index (κ2) is 9.03. The van der Waals surface area contributed by atoms with Crippen molar-refractivity contribution in [3.8, 4) is 11.5 Å². The first kappa shape index (κ1) is 22.9. The second-order valence-electron chi connectivity index (χ2n) is 8.79. The number of benzene rings is 2. The van der Waals surface area contributed by atoms with E-state index in [9.17, 15) is 14.4 Å². The Hall–Kier alpha value is -3.91. The van der Waals surface area contributed by atoms with Crippen LogP contribution < -0.4 is 9.47 Å². The zero-order valence-corrected chi connectivity index (χ0v) is 19.4. The van der Waals surface area contributed by atoms with Gasteiger partial charge in [-0.3, -0.25) is 9.59 Å². The summed E-state index contributed by atoms with van der Waals surface area (Å²) >= 11 is 0. The van der Waals surface area contributed by atoms with Crippen LogP contribution in [0.25, 0.3) is 6.08 Å². The normalized spacial score (nSPS) is 26.3. The maximum atomic E-state index is 13.2. The van der Waals surface area contributed by atoms with E-state index in [-0.39, 0.29) is 5.91 Å². The Morgan fingerprint density at radius 3 is 2.69 bits per heavy atom. The minimum Gasteiger partial charge on any atom is -0.497 e. The van der Waals surface area contributed by atoms with E-state index in [1.54, 1.807) is 36.3 Å². The van der Waals surface area contributed by atoms with E-state index in [0.717, 1.165) is 16.9 Å². The van der Waals surface area contributed by atoms with Gasteiger partial charge in [0.25, 0.3) is 0 Å². The molecule has 0 radical (unpaired) electrons. The molecular weight excluding hydrogens is 450 g/mol. The molecule has 1 amide bonds. The number of rotatable bonds is 7. The molecule has 3 aliphatic rings. The lowest BCUT2D eigenvalue weighted by Gasteiger charge is -2.22. The molecule has 0 saturated carbocycles. The third-order valence-corrected chi connectivity index (χ3v) is 6.67. The first-order valence-electron chi connectivity index (χ1n) is 11.3. The Balaban J connectivity index is 1.24. The van der Waals surface area contributed by atoms with E-state index >= 15 is 0 Å². The van der Waals surface area contributed by atoms with Gasteiger partial charge in [-0.2, -0.15) is 0 Å². The summed E-state index contributed by atoms with van der Waals surface area (Å²) in [6, 6.07) is 14.3. The highest BCUT2D eigenvalue weighted by Gasteiger charge is 2.67. The van der Waals surface area contributed by atoms with Crippen LogP contribution in [0.15, 0.2) is 66.8 Å². The molecule has 2 aromatic carbocycles. The highest BCUT2D eigenvalue weighted by molar-refractivity contribution is 5.91. The monoisotopic (exact) mass is 475 g/mol. The van der Waals surface area contributed by atoms with Crippen molar-refractivity contribution in [2.75, 3.05) is 20.8 Å². The van der Waals surface area contributed by atoms with Crippen LogP contribution in [0.5, 0.6) is 11.5 Å². The van der Waals surface area contributed by atoms with Gasteiger partial charge in [0.15, 0.2) is 0 Å². The van der Waals surface area contributed by atoms with Gasteiger partial charge in [-0.25, -0.2) is 4.79 Å². The number of methoxy groups -OCH3 is 2. The summed E-state index contributed by atoms with van der Waals surface area (Å²) in [6.07, 6.45) is 6.33.